The van der Waals surface area contributed by atoms with Gasteiger partial charge in [0.15, 0.2) is 14.6 Å². The van der Waals surface area contributed by atoms with E-state index in [0.717, 1.165) is 11.0 Å². The maximum atomic E-state index is 11.4. The maximum absolute atomic E-state index is 11.4. The Bertz CT molecular complexity index is 768. The number of sulfone groups is 1. The number of imidazole rings is 1. The van der Waals surface area contributed by atoms with Crippen LogP contribution in [0.4, 0.5) is 0 Å². The summed E-state index contributed by atoms with van der Waals surface area (Å²) in [6.07, 6.45) is 1.69. The first kappa shape index (κ1) is 10.7. The molecule has 88 valence electrons. The number of nitrogens with one attached hydrogen (secondary N) is 1. The third-order valence-electron chi connectivity index (χ3n) is 2.87. The number of para-hydroxylation sites is 2. The van der Waals surface area contributed by atoms with E-state index >= 15 is 0 Å². The van der Waals surface area contributed by atoms with Crippen molar-refractivity contribution in [2.75, 3.05) is 5.75 Å². The highest BCUT2D eigenvalue weighted by Gasteiger charge is 2.24. The first-order valence-electron chi connectivity index (χ1n) is 5.17. The van der Waals surface area contributed by atoms with Crippen LogP contribution in [0.1, 0.15) is 6.04 Å². The molecular weight excluding hydrogens is 256 g/mol. The second kappa shape index (κ2) is 3.54. The normalized spacial score (nSPS) is 22.2. The summed E-state index contributed by atoms with van der Waals surface area (Å²) in [4.78, 5) is 3.08. The molecule has 0 saturated carbocycles. The molecule has 0 spiro atoms. The van der Waals surface area contributed by atoms with Gasteiger partial charge < -0.3 is 9.55 Å². The van der Waals surface area contributed by atoms with Gasteiger partial charge in [0.25, 0.3) is 0 Å². The molecule has 0 aliphatic carbocycles. The Morgan fingerprint density at radius 1 is 1.35 bits per heavy atom. The lowest BCUT2D eigenvalue weighted by Gasteiger charge is -2.09. The van der Waals surface area contributed by atoms with E-state index < -0.39 is 9.84 Å². The lowest BCUT2D eigenvalue weighted by Crippen LogP contribution is -2.11. The van der Waals surface area contributed by atoms with Crippen LogP contribution < -0.4 is 0 Å². The lowest BCUT2D eigenvalue weighted by molar-refractivity contribution is 0.594. The monoisotopic (exact) mass is 266 g/mol. The maximum Gasteiger partial charge on any atom is 0.178 e. The Morgan fingerprint density at radius 2 is 2.12 bits per heavy atom. The van der Waals surface area contributed by atoms with E-state index in [1.54, 1.807) is 6.08 Å². The Kier molecular flexibility index (Phi) is 2.24. The van der Waals surface area contributed by atoms with Crippen molar-refractivity contribution in [3.63, 3.8) is 0 Å². The van der Waals surface area contributed by atoms with Crippen LogP contribution in [0, 0.1) is 4.77 Å². The van der Waals surface area contributed by atoms with E-state index in [0.29, 0.717) is 4.77 Å². The molecular formula is C11H10N2O2S2. The predicted octanol–water partition coefficient (Wildman–Crippen LogP) is 2.18. The predicted molar refractivity (Wildman–Crippen MR) is 69.1 cm³/mol. The largest absolute Gasteiger partial charge is 0.331 e. The second-order valence-electron chi connectivity index (χ2n) is 4.04. The van der Waals surface area contributed by atoms with Crippen molar-refractivity contribution in [3.05, 3.63) is 40.5 Å². The average Bonchev–Trinajstić information content (AvgIpc) is 2.77. The fraction of sp³-hybridized carbons (Fsp3) is 0.182. The summed E-state index contributed by atoms with van der Waals surface area (Å²) < 4.78 is 25.3. The van der Waals surface area contributed by atoms with Crippen LogP contribution in [-0.2, 0) is 9.84 Å². The molecule has 1 atom stereocenters. The van der Waals surface area contributed by atoms with Gasteiger partial charge in [0.05, 0.1) is 22.8 Å². The number of H-pyrrole nitrogens is 1. The van der Waals surface area contributed by atoms with E-state index in [1.807, 2.05) is 28.8 Å². The number of aromatic nitrogens is 2. The first-order chi connectivity index (χ1) is 8.07. The minimum atomic E-state index is -3.07. The van der Waals surface area contributed by atoms with Crippen molar-refractivity contribution in [2.24, 2.45) is 0 Å². The summed E-state index contributed by atoms with van der Waals surface area (Å²) in [5.74, 6) is 0.0865. The molecule has 1 unspecified atom stereocenters. The third kappa shape index (κ3) is 1.73. The van der Waals surface area contributed by atoms with Gasteiger partial charge in [0.1, 0.15) is 0 Å². The standard InChI is InChI=1S/C11H10N2O2S2/c14-17(15)6-5-8(7-17)13-10-4-2-1-3-9(10)12-11(13)16/h1-6,8H,7H2,(H,12,16). The fourth-order valence-corrected chi connectivity index (χ4v) is 3.74. The number of hydrogen-bond donors (Lipinski definition) is 1. The number of hydrogen-bond acceptors (Lipinski definition) is 3. The number of benzene rings is 1. The van der Waals surface area contributed by atoms with Gasteiger partial charge in [-0.3, -0.25) is 0 Å². The van der Waals surface area contributed by atoms with Crippen molar-refractivity contribution >= 4 is 33.1 Å². The molecule has 4 nitrogen and oxygen atoms in total. The number of fused-ring (bicyclic) bond motifs is 1. The van der Waals surface area contributed by atoms with Gasteiger partial charge in [0, 0.05) is 5.41 Å². The van der Waals surface area contributed by atoms with Gasteiger partial charge in [-0.1, -0.05) is 12.1 Å². The second-order valence-corrected chi connectivity index (χ2v) is 6.36. The molecule has 1 aromatic carbocycles. The summed E-state index contributed by atoms with van der Waals surface area (Å²) in [5, 5.41) is 1.27. The van der Waals surface area contributed by atoms with Crippen LogP contribution in [-0.4, -0.2) is 23.7 Å². The van der Waals surface area contributed by atoms with Gasteiger partial charge >= 0.3 is 0 Å². The molecule has 17 heavy (non-hydrogen) atoms. The molecule has 1 N–H and O–H groups in total. The number of nitrogens with zero attached hydrogens (tertiary/aromatic N) is 1. The molecule has 1 aromatic heterocycles. The zero-order valence-electron chi connectivity index (χ0n) is 8.83. The van der Waals surface area contributed by atoms with Crippen molar-refractivity contribution < 1.29 is 8.42 Å². The Hall–Kier alpha value is -1.40. The highest BCUT2D eigenvalue weighted by Crippen LogP contribution is 2.25. The number of aromatic amines is 1. The molecule has 6 heteroatoms. The Morgan fingerprint density at radius 3 is 2.82 bits per heavy atom. The van der Waals surface area contributed by atoms with Gasteiger partial charge in [-0.15, -0.1) is 0 Å². The molecule has 3 rings (SSSR count). The quantitative estimate of drug-likeness (QED) is 0.805. The first-order valence-corrected chi connectivity index (χ1v) is 7.29. The van der Waals surface area contributed by atoms with Crippen LogP contribution in [0.2, 0.25) is 0 Å². The smallest absolute Gasteiger partial charge is 0.178 e. The highest BCUT2D eigenvalue weighted by atomic mass is 32.2. The van der Waals surface area contributed by atoms with E-state index in [2.05, 4.69) is 4.98 Å². The molecule has 2 aromatic rings. The molecule has 1 aliphatic rings. The summed E-state index contributed by atoms with van der Waals surface area (Å²) in [6.45, 7) is 0. The van der Waals surface area contributed by atoms with Crippen LogP contribution in [0.25, 0.3) is 11.0 Å². The third-order valence-corrected chi connectivity index (χ3v) is 4.54. The van der Waals surface area contributed by atoms with E-state index in [-0.39, 0.29) is 11.8 Å². The van der Waals surface area contributed by atoms with E-state index in [9.17, 15) is 8.42 Å². The minimum absolute atomic E-state index is 0.0865. The zero-order valence-corrected chi connectivity index (χ0v) is 10.5. The molecule has 0 bridgehead atoms. The van der Waals surface area contributed by atoms with Gasteiger partial charge in [-0.2, -0.15) is 0 Å². The van der Waals surface area contributed by atoms with E-state index in [4.69, 9.17) is 12.2 Å². The molecule has 0 saturated heterocycles. The molecule has 0 radical (unpaired) electrons. The van der Waals surface area contributed by atoms with Crippen LogP contribution >= 0.6 is 12.2 Å². The summed E-state index contributed by atoms with van der Waals surface area (Å²) in [5.41, 5.74) is 1.86. The van der Waals surface area contributed by atoms with Gasteiger partial charge in [-0.05, 0) is 30.4 Å². The lowest BCUT2D eigenvalue weighted by atomic mass is 10.3. The molecule has 1 aliphatic heterocycles. The minimum Gasteiger partial charge on any atom is -0.331 e. The summed E-state index contributed by atoms with van der Waals surface area (Å²) in [7, 11) is -3.07. The van der Waals surface area contributed by atoms with Crippen LogP contribution in [0.5, 0.6) is 0 Å². The van der Waals surface area contributed by atoms with Crippen molar-refractivity contribution in [1.82, 2.24) is 9.55 Å². The Balaban J connectivity index is 2.22. The molecule has 0 amide bonds. The van der Waals surface area contributed by atoms with Crippen LogP contribution in [0.15, 0.2) is 35.7 Å². The average molecular weight is 266 g/mol. The summed E-state index contributed by atoms with van der Waals surface area (Å²) in [6, 6.07) is 7.48. The number of rotatable bonds is 1. The van der Waals surface area contributed by atoms with Crippen LogP contribution in [0.3, 0.4) is 0 Å². The van der Waals surface area contributed by atoms with E-state index in [1.165, 1.54) is 5.41 Å². The van der Waals surface area contributed by atoms with Crippen molar-refractivity contribution in [3.8, 4) is 0 Å². The van der Waals surface area contributed by atoms with Gasteiger partial charge in [0.2, 0.25) is 0 Å². The topological polar surface area (TPSA) is 54.9 Å². The summed E-state index contributed by atoms with van der Waals surface area (Å²) >= 11 is 5.24. The van der Waals surface area contributed by atoms with Crippen molar-refractivity contribution in [2.45, 2.75) is 6.04 Å². The SMILES string of the molecule is O=S1(=O)C=CC(n2c(=S)[nH]c3ccccc32)C1. The zero-order chi connectivity index (χ0) is 12.0. The van der Waals surface area contributed by atoms with Gasteiger partial charge in [-0.25, -0.2) is 8.42 Å². The Labute approximate surface area is 104 Å². The fourth-order valence-electron chi connectivity index (χ4n) is 2.12. The molecule has 2 heterocycles. The highest BCUT2D eigenvalue weighted by molar-refractivity contribution is 7.94. The number of allylic oxidation sites excluding steroid dienone is 1. The molecule has 0 fully saturated rings. The van der Waals surface area contributed by atoms with Crippen molar-refractivity contribution in [1.29, 1.82) is 0 Å².